The average Bonchev–Trinajstić information content (AvgIpc) is 2.89. The van der Waals surface area contributed by atoms with E-state index in [-0.39, 0.29) is 22.9 Å². The number of nitrogens with zero attached hydrogens (tertiary/aromatic N) is 1. The molecule has 9 heteroatoms. The van der Waals surface area contributed by atoms with Gasteiger partial charge in [0.2, 0.25) is 0 Å². The van der Waals surface area contributed by atoms with Gasteiger partial charge in [-0.25, -0.2) is 13.2 Å². The van der Waals surface area contributed by atoms with Crippen molar-refractivity contribution in [2.24, 2.45) is 0 Å². The van der Waals surface area contributed by atoms with E-state index in [1.54, 1.807) is 72.8 Å². The highest BCUT2D eigenvalue weighted by molar-refractivity contribution is 7.90. The third-order valence-electron chi connectivity index (χ3n) is 5.50. The normalized spacial score (nSPS) is 11.1. The number of rotatable bonds is 9. The van der Waals surface area contributed by atoms with E-state index >= 15 is 0 Å². The summed E-state index contributed by atoms with van der Waals surface area (Å²) >= 11 is 0. The molecule has 188 valence electrons. The first-order chi connectivity index (χ1) is 17.7. The number of hydrogen-bond donors (Lipinski definition) is 0. The number of carbonyl (C=O) groups excluding carboxylic acids is 1. The number of nitro groups is 1. The largest absolute Gasteiger partial charge is 0.457 e. The van der Waals surface area contributed by atoms with Crippen LogP contribution >= 0.6 is 0 Å². The van der Waals surface area contributed by atoms with Crippen molar-refractivity contribution in [3.05, 3.63) is 129 Å². The zero-order valence-corrected chi connectivity index (χ0v) is 20.7. The van der Waals surface area contributed by atoms with Gasteiger partial charge in [0.1, 0.15) is 18.1 Å². The Morgan fingerprint density at radius 3 is 1.89 bits per heavy atom. The molecule has 0 saturated heterocycles. The quantitative estimate of drug-likeness (QED) is 0.151. The Morgan fingerprint density at radius 1 is 0.784 bits per heavy atom. The van der Waals surface area contributed by atoms with Gasteiger partial charge in [-0.15, -0.1) is 0 Å². The summed E-state index contributed by atoms with van der Waals surface area (Å²) in [4.78, 5) is 23.0. The molecule has 0 fully saturated rings. The van der Waals surface area contributed by atoms with Crippen molar-refractivity contribution in [1.29, 1.82) is 0 Å². The molecule has 0 aliphatic rings. The lowest BCUT2D eigenvalue weighted by Gasteiger charge is -2.09. The standard InChI is InChI=1S/C28H23NO7S/c1-20-2-16-27(17-3-20)37(33,34)19-22-4-8-23(9-5-22)28(30)35-18-21-6-12-25(13-7-21)36-26-14-10-24(11-15-26)29(31)32/h2-17H,18-19H2,1H3. The first kappa shape index (κ1) is 25.6. The fourth-order valence-electron chi connectivity index (χ4n) is 3.44. The number of carbonyl (C=O) groups is 1. The molecule has 0 unspecified atom stereocenters. The summed E-state index contributed by atoms with van der Waals surface area (Å²) < 4.78 is 36.3. The molecule has 8 nitrogen and oxygen atoms in total. The second-order valence-electron chi connectivity index (χ2n) is 8.34. The number of aryl methyl sites for hydroxylation is 1. The van der Waals surface area contributed by atoms with Gasteiger partial charge in [0.15, 0.2) is 9.84 Å². The lowest BCUT2D eigenvalue weighted by molar-refractivity contribution is -0.384. The van der Waals surface area contributed by atoms with Gasteiger partial charge in [-0.2, -0.15) is 0 Å². The molecule has 0 aromatic heterocycles. The molecule has 4 aromatic carbocycles. The van der Waals surface area contributed by atoms with Gasteiger partial charge in [0.25, 0.3) is 5.69 Å². The Kier molecular flexibility index (Phi) is 7.64. The summed E-state index contributed by atoms with van der Waals surface area (Å²) in [7, 11) is -3.49. The fraction of sp³-hybridized carbons (Fsp3) is 0.107. The third kappa shape index (κ3) is 6.80. The lowest BCUT2D eigenvalue weighted by atomic mass is 10.1. The lowest BCUT2D eigenvalue weighted by Crippen LogP contribution is -2.07. The van der Waals surface area contributed by atoms with Crippen molar-refractivity contribution in [3.8, 4) is 11.5 Å². The van der Waals surface area contributed by atoms with Gasteiger partial charge in [-0.1, -0.05) is 42.0 Å². The van der Waals surface area contributed by atoms with Crippen LogP contribution in [-0.2, 0) is 26.9 Å². The summed E-state index contributed by atoms with van der Waals surface area (Å²) in [5.74, 6) is 0.291. The first-order valence-electron chi connectivity index (χ1n) is 11.3. The Hall–Kier alpha value is -4.50. The molecule has 0 heterocycles. The van der Waals surface area contributed by atoms with Gasteiger partial charge in [0.05, 0.1) is 21.1 Å². The maximum atomic E-state index is 12.6. The Labute approximate surface area is 214 Å². The number of hydrogen-bond acceptors (Lipinski definition) is 7. The van der Waals surface area contributed by atoms with Crippen molar-refractivity contribution in [3.63, 3.8) is 0 Å². The molecule has 0 aliphatic heterocycles. The van der Waals surface area contributed by atoms with Gasteiger partial charge in [0, 0.05) is 12.1 Å². The van der Waals surface area contributed by atoms with Crippen LogP contribution in [0.2, 0.25) is 0 Å². The Morgan fingerprint density at radius 2 is 1.32 bits per heavy atom. The number of sulfone groups is 1. The number of benzene rings is 4. The van der Waals surface area contributed by atoms with Crippen LogP contribution in [-0.4, -0.2) is 19.3 Å². The summed E-state index contributed by atoms with van der Waals surface area (Å²) in [6.45, 7) is 1.93. The highest BCUT2D eigenvalue weighted by Crippen LogP contribution is 2.24. The maximum absolute atomic E-state index is 12.6. The van der Waals surface area contributed by atoms with E-state index in [9.17, 15) is 23.3 Å². The van der Waals surface area contributed by atoms with Gasteiger partial charge in [-0.05, 0) is 66.6 Å². The van der Waals surface area contributed by atoms with Crippen molar-refractivity contribution >= 4 is 21.5 Å². The Balaban J connectivity index is 1.30. The molecule has 0 bridgehead atoms. The monoisotopic (exact) mass is 517 g/mol. The summed E-state index contributed by atoms with van der Waals surface area (Å²) in [6.07, 6.45) is 0. The summed E-state index contributed by atoms with van der Waals surface area (Å²) in [6, 6.07) is 25.6. The molecule has 4 aromatic rings. The molecule has 37 heavy (non-hydrogen) atoms. The molecular formula is C28H23NO7S. The van der Waals surface area contributed by atoms with Crippen LogP contribution in [0.3, 0.4) is 0 Å². The van der Waals surface area contributed by atoms with Crippen molar-refractivity contribution in [2.45, 2.75) is 24.2 Å². The predicted octanol–water partition coefficient (Wildman–Crippen LogP) is 6.03. The minimum atomic E-state index is -3.49. The highest BCUT2D eigenvalue weighted by atomic mass is 32.2. The molecule has 4 rings (SSSR count). The second kappa shape index (κ2) is 11.0. The van der Waals surface area contributed by atoms with Crippen LogP contribution < -0.4 is 4.74 Å². The molecule has 0 radical (unpaired) electrons. The van der Waals surface area contributed by atoms with Gasteiger partial charge in [-0.3, -0.25) is 10.1 Å². The van der Waals surface area contributed by atoms with E-state index in [4.69, 9.17) is 9.47 Å². The van der Waals surface area contributed by atoms with E-state index in [1.165, 1.54) is 24.3 Å². The molecule has 0 amide bonds. The highest BCUT2D eigenvalue weighted by Gasteiger charge is 2.16. The fourth-order valence-corrected chi connectivity index (χ4v) is 4.79. The molecule has 0 spiro atoms. The van der Waals surface area contributed by atoms with E-state index in [1.807, 2.05) is 6.92 Å². The number of non-ortho nitro benzene ring substituents is 1. The van der Waals surface area contributed by atoms with E-state index in [2.05, 4.69) is 0 Å². The summed E-state index contributed by atoms with van der Waals surface area (Å²) in [5, 5.41) is 10.7. The molecular weight excluding hydrogens is 494 g/mol. The van der Waals surface area contributed by atoms with Crippen LogP contribution in [0.1, 0.15) is 27.0 Å². The van der Waals surface area contributed by atoms with Crippen molar-refractivity contribution < 1.29 is 27.6 Å². The molecule has 0 atom stereocenters. The zero-order chi connectivity index (χ0) is 26.4. The number of esters is 1. The molecule has 0 aliphatic carbocycles. The average molecular weight is 518 g/mol. The minimum Gasteiger partial charge on any atom is -0.457 e. The van der Waals surface area contributed by atoms with Gasteiger partial charge < -0.3 is 9.47 Å². The van der Waals surface area contributed by atoms with Crippen LogP contribution in [0, 0.1) is 17.0 Å². The smallest absolute Gasteiger partial charge is 0.338 e. The SMILES string of the molecule is Cc1ccc(S(=O)(=O)Cc2ccc(C(=O)OCc3ccc(Oc4ccc([N+](=O)[O-])cc4)cc3)cc2)cc1. The van der Waals surface area contributed by atoms with Crippen molar-refractivity contribution in [2.75, 3.05) is 0 Å². The van der Waals surface area contributed by atoms with Crippen LogP contribution in [0.25, 0.3) is 0 Å². The molecule has 0 N–H and O–H groups in total. The Bertz CT molecular complexity index is 1500. The van der Waals surface area contributed by atoms with E-state index in [0.29, 0.717) is 22.6 Å². The van der Waals surface area contributed by atoms with E-state index < -0.39 is 20.7 Å². The van der Waals surface area contributed by atoms with Gasteiger partial charge >= 0.3 is 5.97 Å². The topological polar surface area (TPSA) is 113 Å². The van der Waals surface area contributed by atoms with Crippen LogP contribution in [0.15, 0.2) is 102 Å². The second-order valence-corrected chi connectivity index (χ2v) is 10.3. The van der Waals surface area contributed by atoms with E-state index in [0.717, 1.165) is 11.1 Å². The number of ether oxygens (including phenoxy) is 2. The third-order valence-corrected chi connectivity index (χ3v) is 7.21. The number of nitro benzene ring substituents is 1. The van der Waals surface area contributed by atoms with Crippen LogP contribution in [0.4, 0.5) is 5.69 Å². The zero-order valence-electron chi connectivity index (χ0n) is 19.9. The minimum absolute atomic E-state index is 0.0218. The summed E-state index contributed by atoms with van der Waals surface area (Å²) in [5.41, 5.74) is 2.58. The van der Waals surface area contributed by atoms with Crippen molar-refractivity contribution in [1.82, 2.24) is 0 Å². The maximum Gasteiger partial charge on any atom is 0.338 e. The first-order valence-corrected chi connectivity index (χ1v) is 12.9. The molecule has 0 saturated carbocycles. The van der Waals surface area contributed by atoms with Crippen LogP contribution in [0.5, 0.6) is 11.5 Å². The predicted molar refractivity (Wildman–Crippen MR) is 137 cm³/mol.